The Labute approximate surface area is 194 Å². The van der Waals surface area contributed by atoms with Crippen LogP contribution in [0.15, 0.2) is 59.0 Å². The molecule has 172 valence electrons. The zero-order valence-electron chi connectivity index (χ0n) is 19.3. The lowest BCUT2D eigenvalue weighted by Gasteiger charge is -2.31. The molecule has 1 fully saturated rings. The lowest BCUT2D eigenvalue weighted by atomic mass is 9.90. The molecule has 0 N–H and O–H groups in total. The summed E-state index contributed by atoms with van der Waals surface area (Å²) >= 11 is 0. The summed E-state index contributed by atoms with van der Waals surface area (Å²) in [5.41, 5.74) is 3.40. The number of likely N-dealkylation sites (tertiary alicyclic amines) is 1. The molecule has 1 aliphatic rings. The molecule has 1 aliphatic heterocycles. The number of carbonyl (C=O) groups is 2. The van der Waals surface area contributed by atoms with Crippen molar-refractivity contribution < 1.29 is 18.7 Å². The van der Waals surface area contributed by atoms with E-state index in [0.717, 1.165) is 49.4 Å². The summed E-state index contributed by atoms with van der Waals surface area (Å²) in [6.45, 7) is 4.31. The van der Waals surface area contributed by atoms with Crippen molar-refractivity contribution in [2.75, 3.05) is 20.2 Å². The number of ether oxygens (including phenoxy) is 1. The van der Waals surface area contributed by atoms with E-state index in [1.807, 2.05) is 37.3 Å². The molecule has 1 aromatic heterocycles. The number of hydrogen-bond acceptors (Lipinski definition) is 6. The Morgan fingerprint density at radius 1 is 1.12 bits per heavy atom. The van der Waals surface area contributed by atoms with E-state index in [9.17, 15) is 9.59 Å². The van der Waals surface area contributed by atoms with Crippen molar-refractivity contribution in [3.63, 3.8) is 0 Å². The van der Waals surface area contributed by atoms with Crippen molar-refractivity contribution in [3.05, 3.63) is 77.2 Å². The van der Waals surface area contributed by atoms with Crippen LogP contribution in [0.4, 0.5) is 0 Å². The Bertz CT molecular complexity index is 1090. The second-order valence-electron chi connectivity index (χ2n) is 8.62. The second kappa shape index (κ2) is 10.6. The van der Waals surface area contributed by atoms with Gasteiger partial charge in [-0.1, -0.05) is 30.3 Å². The first kappa shape index (κ1) is 22.9. The highest BCUT2D eigenvalue weighted by molar-refractivity contribution is 5.89. The SMILES string of the molecule is COC(=O)c1ccc(-c2nc(CN3CCCC(C(=O)CCc4ccccc4)C3)c(C)o2)cc1. The number of rotatable bonds is 8. The van der Waals surface area contributed by atoms with Gasteiger partial charge in [-0.2, -0.15) is 0 Å². The second-order valence-corrected chi connectivity index (χ2v) is 8.62. The smallest absolute Gasteiger partial charge is 0.337 e. The van der Waals surface area contributed by atoms with E-state index in [1.165, 1.54) is 12.7 Å². The fraction of sp³-hybridized carbons (Fsp3) is 0.370. The Morgan fingerprint density at radius 2 is 1.88 bits per heavy atom. The molecular formula is C27H30N2O4. The third-order valence-corrected chi connectivity index (χ3v) is 6.28. The van der Waals surface area contributed by atoms with Crippen LogP contribution in [0.25, 0.3) is 11.5 Å². The summed E-state index contributed by atoms with van der Waals surface area (Å²) in [4.78, 5) is 31.5. The van der Waals surface area contributed by atoms with Gasteiger partial charge in [-0.15, -0.1) is 0 Å². The van der Waals surface area contributed by atoms with Crippen LogP contribution in [-0.4, -0.2) is 41.8 Å². The number of carbonyl (C=O) groups excluding carboxylic acids is 2. The first-order chi connectivity index (χ1) is 16.0. The molecule has 2 aromatic carbocycles. The van der Waals surface area contributed by atoms with Gasteiger partial charge in [0, 0.05) is 31.0 Å². The van der Waals surface area contributed by atoms with Crippen LogP contribution < -0.4 is 0 Å². The Kier molecular flexibility index (Phi) is 7.35. The molecule has 2 heterocycles. The van der Waals surface area contributed by atoms with Gasteiger partial charge < -0.3 is 9.15 Å². The van der Waals surface area contributed by atoms with Gasteiger partial charge in [-0.3, -0.25) is 9.69 Å². The molecule has 1 unspecified atom stereocenters. The lowest BCUT2D eigenvalue weighted by Crippen LogP contribution is -2.38. The van der Waals surface area contributed by atoms with Crippen LogP contribution in [-0.2, 0) is 22.5 Å². The van der Waals surface area contributed by atoms with E-state index in [4.69, 9.17) is 14.1 Å². The van der Waals surface area contributed by atoms with E-state index >= 15 is 0 Å². The van der Waals surface area contributed by atoms with E-state index in [2.05, 4.69) is 17.0 Å². The highest BCUT2D eigenvalue weighted by Gasteiger charge is 2.26. The minimum atomic E-state index is -0.371. The molecule has 0 radical (unpaired) electrons. The maximum atomic E-state index is 12.8. The monoisotopic (exact) mass is 446 g/mol. The summed E-state index contributed by atoms with van der Waals surface area (Å²) in [6.07, 6.45) is 3.37. The minimum absolute atomic E-state index is 0.0833. The number of hydrogen-bond donors (Lipinski definition) is 0. The van der Waals surface area contributed by atoms with Crippen molar-refractivity contribution >= 4 is 11.8 Å². The van der Waals surface area contributed by atoms with Crippen molar-refractivity contribution in [1.82, 2.24) is 9.88 Å². The number of nitrogens with zero attached hydrogens (tertiary/aromatic N) is 2. The first-order valence-corrected chi connectivity index (χ1v) is 11.5. The van der Waals surface area contributed by atoms with Crippen LogP contribution in [0, 0.1) is 12.8 Å². The number of piperidine rings is 1. The molecule has 0 spiro atoms. The van der Waals surface area contributed by atoms with Crippen LogP contribution in [0.1, 0.15) is 46.6 Å². The highest BCUT2D eigenvalue weighted by atomic mass is 16.5. The van der Waals surface area contributed by atoms with Gasteiger partial charge >= 0.3 is 5.97 Å². The summed E-state index contributed by atoms with van der Waals surface area (Å²) in [7, 11) is 1.36. The predicted molar refractivity (Wildman–Crippen MR) is 126 cm³/mol. The molecule has 0 saturated carbocycles. The molecule has 6 heteroatoms. The molecule has 3 aromatic rings. The maximum Gasteiger partial charge on any atom is 0.337 e. The van der Waals surface area contributed by atoms with Gasteiger partial charge in [0.05, 0.1) is 18.4 Å². The average molecular weight is 447 g/mol. The van der Waals surface area contributed by atoms with Crippen LogP contribution >= 0.6 is 0 Å². The lowest BCUT2D eigenvalue weighted by molar-refractivity contribution is -0.124. The van der Waals surface area contributed by atoms with Crippen LogP contribution in [0.3, 0.4) is 0 Å². The van der Waals surface area contributed by atoms with Gasteiger partial charge in [-0.05, 0) is 62.6 Å². The maximum absolute atomic E-state index is 12.8. The number of Topliss-reactive ketones (excluding diaryl/α,β-unsaturated/α-hetero) is 1. The van der Waals surface area contributed by atoms with E-state index in [1.54, 1.807) is 12.1 Å². The average Bonchev–Trinajstić information content (AvgIpc) is 3.22. The van der Waals surface area contributed by atoms with Crippen molar-refractivity contribution in [3.8, 4) is 11.5 Å². The third-order valence-electron chi connectivity index (χ3n) is 6.28. The number of oxazole rings is 1. The Balaban J connectivity index is 1.36. The number of esters is 1. The molecule has 0 aliphatic carbocycles. The fourth-order valence-electron chi connectivity index (χ4n) is 4.36. The van der Waals surface area contributed by atoms with E-state index in [0.29, 0.717) is 30.2 Å². The largest absolute Gasteiger partial charge is 0.465 e. The number of benzene rings is 2. The quantitative estimate of drug-likeness (QED) is 0.461. The van der Waals surface area contributed by atoms with Gasteiger partial charge in [0.1, 0.15) is 11.5 Å². The van der Waals surface area contributed by atoms with Crippen molar-refractivity contribution in [2.24, 2.45) is 5.92 Å². The summed E-state index contributed by atoms with van der Waals surface area (Å²) in [5.74, 6) is 1.38. The summed E-state index contributed by atoms with van der Waals surface area (Å²) < 4.78 is 10.7. The third kappa shape index (κ3) is 5.76. The Hall–Kier alpha value is -3.25. The minimum Gasteiger partial charge on any atom is -0.465 e. The van der Waals surface area contributed by atoms with Gasteiger partial charge in [0.15, 0.2) is 0 Å². The molecule has 0 amide bonds. The topological polar surface area (TPSA) is 72.6 Å². The first-order valence-electron chi connectivity index (χ1n) is 11.5. The number of ketones is 1. The van der Waals surface area contributed by atoms with E-state index < -0.39 is 0 Å². The van der Waals surface area contributed by atoms with Gasteiger partial charge in [-0.25, -0.2) is 9.78 Å². The van der Waals surface area contributed by atoms with Crippen molar-refractivity contribution in [1.29, 1.82) is 0 Å². The standard InChI is InChI=1S/C27H30N2O4/c1-19-24(28-26(33-19)21-11-13-22(14-12-21)27(31)32-2)18-29-16-6-9-23(17-29)25(30)15-10-20-7-4-3-5-8-20/h3-5,7-8,11-14,23H,6,9-10,15-18H2,1-2H3. The van der Waals surface area contributed by atoms with E-state index in [-0.39, 0.29) is 11.9 Å². The van der Waals surface area contributed by atoms with Gasteiger partial charge in [0.25, 0.3) is 0 Å². The van der Waals surface area contributed by atoms with Gasteiger partial charge in [0.2, 0.25) is 5.89 Å². The Morgan fingerprint density at radius 3 is 2.61 bits per heavy atom. The fourth-order valence-corrected chi connectivity index (χ4v) is 4.36. The van der Waals surface area contributed by atoms with Crippen LogP contribution in [0.5, 0.6) is 0 Å². The molecule has 33 heavy (non-hydrogen) atoms. The zero-order chi connectivity index (χ0) is 23.2. The number of aryl methyl sites for hydroxylation is 2. The van der Waals surface area contributed by atoms with Crippen LogP contribution in [0.2, 0.25) is 0 Å². The number of methoxy groups -OCH3 is 1. The molecular weight excluding hydrogens is 416 g/mol. The molecule has 0 bridgehead atoms. The predicted octanol–water partition coefficient (Wildman–Crippen LogP) is 4.85. The molecule has 6 nitrogen and oxygen atoms in total. The summed E-state index contributed by atoms with van der Waals surface area (Å²) in [5, 5.41) is 0. The molecule has 1 saturated heterocycles. The normalized spacial score (nSPS) is 16.5. The molecule has 4 rings (SSSR count). The highest BCUT2D eigenvalue weighted by Crippen LogP contribution is 2.26. The molecule has 1 atom stereocenters. The zero-order valence-corrected chi connectivity index (χ0v) is 19.3. The number of aromatic nitrogens is 1. The summed E-state index contributed by atoms with van der Waals surface area (Å²) in [6, 6.07) is 17.2. The van der Waals surface area contributed by atoms with Crippen molar-refractivity contribution in [2.45, 2.75) is 39.2 Å².